The molecule has 1 heterocycles. The Labute approximate surface area is 214 Å². The van der Waals surface area contributed by atoms with Crippen LogP contribution in [0.5, 0.6) is 23.0 Å². The van der Waals surface area contributed by atoms with Crippen molar-refractivity contribution in [1.82, 2.24) is 0 Å². The minimum atomic E-state index is -0.583. The first-order valence-electron chi connectivity index (χ1n) is 11.4. The number of benzene rings is 3. The average molecular weight is 505 g/mol. The van der Waals surface area contributed by atoms with Crippen LogP contribution in [-0.4, -0.2) is 19.2 Å². The van der Waals surface area contributed by atoms with E-state index in [1.807, 2.05) is 38.1 Å². The predicted octanol–water partition coefficient (Wildman–Crippen LogP) is 5.64. The van der Waals surface area contributed by atoms with Crippen LogP contribution < -0.4 is 24.7 Å². The summed E-state index contributed by atoms with van der Waals surface area (Å²) in [5.74, 6) is 0.961. The molecule has 0 saturated heterocycles. The van der Waals surface area contributed by atoms with E-state index in [0.717, 1.165) is 28.9 Å². The molecule has 3 aromatic carbocycles. The van der Waals surface area contributed by atoms with Gasteiger partial charge in [-0.05, 0) is 60.9 Å². The van der Waals surface area contributed by atoms with Gasteiger partial charge < -0.3 is 24.7 Å². The quantitative estimate of drug-likeness (QED) is 0.312. The van der Waals surface area contributed by atoms with Crippen LogP contribution in [0.25, 0.3) is 0 Å². The Balaban J connectivity index is 1.52. The number of rotatable bonds is 8. The van der Waals surface area contributed by atoms with Crippen molar-refractivity contribution in [3.63, 3.8) is 0 Å². The van der Waals surface area contributed by atoms with Crippen LogP contribution in [0, 0.1) is 18.3 Å². The van der Waals surface area contributed by atoms with Crippen molar-refractivity contribution < 1.29 is 23.7 Å². The standard InChI is InChI=1S/C28H25ClN2O5/c1-3-12-33-20-7-4-18(5-8-20)27-22-10-9-21(14-25(22)36-28(31)23(27)15-30)35-26(32)16-34-24-11-6-19(29)13-17(24)2/h4-11,13-14,27H,3,12,16,31H2,1-2H3. The summed E-state index contributed by atoms with van der Waals surface area (Å²) in [6.07, 6.45) is 0.909. The first-order valence-corrected chi connectivity index (χ1v) is 11.8. The number of nitriles is 1. The van der Waals surface area contributed by atoms with E-state index >= 15 is 0 Å². The molecule has 4 rings (SSSR count). The summed E-state index contributed by atoms with van der Waals surface area (Å²) in [5.41, 5.74) is 8.80. The van der Waals surface area contributed by atoms with Crippen molar-refractivity contribution >= 4 is 17.6 Å². The van der Waals surface area contributed by atoms with E-state index in [0.29, 0.717) is 28.7 Å². The molecule has 8 heteroatoms. The van der Waals surface area contributed by atoms with Crippen LogP contribution in [0.1, 0.15) is 36.0 Å². The van der Waals surface area contributed by atoms with Gasteiger partial charge in [0, 0.05) is 16.7 Å². The van der Waals surface area contributed by atoms with Crippen LogP contribution in [-0.2, 0) is 4.79 Å². The lowest BCUT2D eigenvalue weighted by Gasteiger charge is -2.26. The first kappa shape index (κ1) is 25.0. The lowest BCUT2D eigenvalue weighted by Crippen LogP contribution is -2.21. The molecule has 36 heavy (non-hydrogen) atoms. The number of nitrogens with zero attached hydrogens (tertiary/aromatic N) is 1. The highest BCUT2D eigenvalue weighted by Crippen LogP contribution is 2.43. The molecule has 0 spiro atoms. The zero-order chi connectivity index (χ0) is 25.7. The Morgan fingerprint density at radius 2 is 1.83 bits per heavy atom. The smallest absolute Gasteiger partial charge is 0.349 e. The number of carbonyl (C=O) groups excluding carboxylic acids is 1. The van der Waals surface area contributed by atoms with Crippen molar-refractivity contribution in [2.45, 2.75) is 26.2 Å². The third-order valence-electron chi connectivity index (χ3n) is 5.59. The highest BCUT2D eigenvalue weighted by molar-refractivity contribution is 6.30. The zero-order valence-corrected chi connectivity index (χ0v) is 20.7. The van der Waals surface area contributed by atoms with E-state index in [9.17, 15) is 10.1 Å². The van der Waals surface area contributed by atoms with Gasteiger partial charge >= 0.3 is 5.97 Å². The van der Waals surface area contributed by atoms with E-state index < -0.39 is 11.9 Å². The molecular weight excluding hydrogens is 480 g/mol. The minimum absolute atomic E-state index is 0.00586. The van der Waals surface area contributed by atoms with Crippen LogP contribution >= 0.6 is 11.6 Å². The van der Waals surface area contributed by atoms with Crippen LogP contribution in [0.2, 0.25) is 5.02 Å². The summed E-state index contributed by atoms with van der Waals surface area (Å²) in [5, 5.41) is 10.4. The van der Waals surface area contributed by atoms with Gasteiger partial charge in [0.05, 0.1) is 12.5 Å². The molecule has 1 aliphatic heterocycles. The number of allylic oxidation sites excluding steroid dienone is 1. The molecule has 0 fully saturated rings. The molecular formula is C28H25ClN2O5. The Kier molecular flexibility index (Phi) is 7.67. The normalized spacial score (nSPS) is 14.3. The number of halogens is 1. The molecule has 184 valence electrons. The predicted molar refractivity (Wildman–Crippen MR) is 135 cm³/mol. The number of hydrogen-bond acceptors (Lipinski definition) is 7. The molecule has 0 saturated carbocycles. The Morgan fingerprint density at radius 1 is 1.08 bits per heavy atom. The molecule has 2 N–H and O–H groups in total. The fourth-order valence-electron chi connectivity index (χ4n) is 3.89. The number of hydrogen-bond donors (Lipinski definition) is 1. The highest BCUT2D eigenvalue weighted by Gasteiger charge is 2.31. The molecule has 0 aliphatic carbocycles. The SMILES string of the molecule is CCCOc1ccc(C2C(C#N)=C(N)Oc3cc(OC(=O)COc4ccc(Cl)cc4C)ccc32)cc1. The van der Waals surface area contributed by atoms with E-state index in [1.165, 1.54) is 0 Å². The van der Waals surface area contributed by atoms with Gasteiger partial charge in [-0.1, -0.05) is 36.7 Å². The summed E-state index contributed by atoms with van der Waals surface area (Å²) in [6.45, 7) is 4.22. The fraction of sp³-hybridized carbons (Fsp3) is 0.214. The van der Waals surface area contributed by atoms with Gasteiger partial charge in [-0.3, -0.25) is 0 Å². The second kappa shape index (κ2) is 11.1. The molecule has 0 amide bonds. The second-order valence-electron chi connectivity index (χ2n) is 8.21. The molecule has 0 aromatic heterocycles. The van der Waals surface area contributed by atoms with Gasteiger partial charge in [-0.2, -0.15) is 5.26 Å². The Hall–Kier alpha value is -4.15. The number of ether oxygens (including phenoxy) is 4. The number of carbonyl (C=O) groups is 1. The van der Waals surface area contributed by atoms with Gasteiger partial charge in [0.2, 0.25) is 5.88 Å². The first-order chi connectivity index (χ1) is 17.4. The Bertz CT molecular complexity index is 1350. The molecule has 7 nitrogen and oxygen atoms in total. The van der Waals surface area contributed by atoms with Crippen molar-refractivity contribution in [1.29, 1.82) is 5.26 Å². The largest absolute Gasteiger partial charge is 0.494 e. The van der Waals surface area contributed by atoms with Crippen molar-refractivity contribution in [2.75, 3.05) is 13.2 Å². The third kappa shape index (κ3) is 5.56. The second-order valence-corrected chi connectivity index (χ2v) is 8.65. The van der Waals surface area contributed by atoms with Gasteiger partial charge in [0.25, 0.3) is 0 Å². The maximum Gasteiger partial charge on any atom is 0.349 e. The maximum atomic E-state index is 12.4. The van der Waals surface area contributed by atoms with Crippen LogP contribution in [0.4, 0.5) is 0 Å². The molecule has 0 radical (unpaired) electrons. The molecule has 3 aromatic rings. The van der Waals surface area contributed by atoms with Gasteiger partial charge in [0.15, 0.2) is 6.61 Å². The van der Waals surface area contributed by atoms with E-state index in [1.54, 1.807) is 36.4 Å². The molecule has 0 bridgehead atoms. The molecule has 1 atom stereocenters. The number of esters is 1. The number of fused-ring (bicyclic) bond motifs is 1. The Morgan fingerprint density at radius 3 is 2.53 bits per heavy atom. The van der Waals surface area contributed by atoms with Crippen molar-refractivity contribution in [3.8, 4) is 29.1 Å². The average Bonchev–Trinajstić information content (AvgIpc) is 2.86. The summed E-state index contributed by atoms with van der Waals surface area (Å²) in [7, 11) is 0. The van der Waals surface area contributed by atoms with E-state index in [2.05, 4.69) is 6.07 Å². The fourth-order valence-corrected chi connectivity index (χ4v) is 4.12. The summed E-state index contributed by atoms with van der Waals surface area (Å²) in [6, 6.07) is 19.8. The third-order valence-corrected chi connectivity index (χ3v) is 5.83. The van der Waals surface area contributed by atoms with Gasteiger partial charge in [0.1, 0.15) is 34.6 Å². The van der Waals surface area contributed by atoms with E-state index in [4.69, 9.17) is 36.3 Å². The monoisotopic (exact) mass is 504 g/mol. The topological polar surface area (TPSA) is 104 Å². The van der Waals surface area contributed by atoms with E-state index in [-0.39, 0.29) is 18.2 Å². The summed E-state index contributed by atoms with van der Waals surface area (Å²) < 4.78 is 22.4. The summed E-state index contributed by atoms with van der Waals surface area (Å²) in [4.78, 5) is 12.4. The van der Waals surface area contributed by atoms with Gasteiger partial charge in [-0.25, -0.2) is 4.79 Å². The zero-order valence-electron chi connectivity index (χ0n) is 19.9. The van der Waals surface area contributed by atoms with Gasteiger partial charge in [-0.15, -0.1) is 0 Å². The summed E-state index contributed by atoms with van der Waals surface area (Å²) >= 11 is 5.95. The minimum Gasteiger partial charge on any atom is -0.494 e. The van der Waals surface area contributed by atoms with Crippen molar-refractivity contribution in [3.05, 3.63) is 93.8 Å². The van der Waals surface area contributed by atoms with Crippen LogP contribution in [0.3, 0.4) is 0 Å². The highest BCUT2D eigenvalue weighted by atomic mass is 35.5. The number of nitrogens with two attached hydrogens (primary N) is 1. The molecule has 1 unspecified atom stereocenters. The maximum absolute atomic E-state index is 12.4. The number of aryl methyl sites for hydroxylation is 1. The lowest BCUT2D eigenvalue weighted by molar-refractivity contribution is -0.136. The molecule has 1 aliphatic rings. The lowest BCUT2D eigenvalue weighted by atomic mass is 9.83. The van der Waals surface area contributed by atoms with Crippen LogP contribution in [0.15, 0.2) is 72.1 Å². The van der Waals surface area contributed by atoms with Crippen molar-refractivity contribution in [2.24, 2.45) is 5.73 Å².